The highest BCUT2D eigenvalue weighted by molar-refractivity contribution is 7.45. The third-order valence-electron chi connectivity index (χ3n) is 12.3. The number of ether oxygens (including phenoxy) is 2. The van der Waals surface area contributed by atoms with Crippen LogP contribution in [0.4, 0.5) is 0 Å². The zero-order valence-electron chi connectivity index (χ0n) is 45.1. The molecule has 0 aliphatic heterocycles. The molecule has 0 radical (unpaired) electrons. The Kier molecular flexibility index (Phi) is 48.4. The first-order chi connectivity index (χ1) is 33.0. The first-order valence-electron chi connectivity index (χ1n) is 28.3. The fourth-order valence-electron chi connectivity index (χ4n) is 7.89. The molecule has 0 fully saturated rings. The van der Waals surface area contributed by atoms with E-state index in [-0.39, 0.29) is 32.0 Å². The van der Waals surface area contributed by atoms with E-state index >= 15 is 0 Å². The zero-order valence-corrected chi connectivity index (χ0v) is 45.9. The van der Waals surface area contributed by atoms with E-state index in [9.17, 15) is 19.0 Å². The molecule has 0 aromatic rings. The van der Waals surface area contributed by atoms with Crippen LogP contribution < -0.4 is 4.89 Å². The van der Waals surface area contributed by atoms with E-state index in [4.69, 9.17) is 18.5 Å². The lowest BCUT2D eigenvalue weighted by atomic mass is 10.0. The number of carbonyl (C=O) groups excluding carboxylic acids is 2. The molecule has 0 heterocycles. The smallest absolute Gasteiger partial charge is 0.306 e. The van der Waals surface area contributed by atoms with Gasteiger partial charge in [-0.05, 0) is 77.0 Å². The van der Waals surface area contributed by atoms with Gasteiger partial charge in [-0.1, -0.05) is 217 Å². The van der Waals surface area contributed by atoms with Crippen molar-refractivity contribution in [2.45, 2.75) is 264 Å². The fraction of sp³-hybridized carbons (Fsp3) is 0.828. The van der Waals surface area contributed by atoms with Crippen molar-refractivity contribution in [1.29, 1.82) is 0 Å². The molecule has 0 amide bonds. The molecule has 0 rings (SSSR count). The van der Waals surface area contributed by atoms with Gasteiger partial charge < -0.3 is 27.9 Å². The predicted octanol–water partition coefficient (Wildman–Crippen LogP) is 16.7. The molecule has 0 spiro atoms. The van der Waals surface area contributed by atoms with E-state index in [0.717, 1.165) is 70.6 Å². The van der Waals surface area contributed by atoms with Gasteiger partial charge in [-0.15, -0.1) is 0 Å². The molecule has 0 aromatic carbocycles. The number of nitrogens with zero attached hydrogens (tertiary/aromatic N) is 1. The maximum Gasteiger partial charge on any atom is 0.306 e. The van der Waals surface area contributed by atoms with Gasteiger partial charge in [0.1, 0.15) is 19.8 Å². The number of quaternary nitrogens is 1. The zero-order chi connectivity index (χ0) is 49.9. The van der Waals surface area contributed by atoms with E-state index in [0.29, 0.717) is 17.4 Å². The van der Waals surface area contributed by atoms with Gasteiger partial charge in [0.05, 0.1) is 27.7 Å². The monoisotopic (exact) mass is 978 g/mol. The summed E-state index contributed by atoms with van der Waals surface area (Å²) in [5, 5.41) is 0. The van der Waals surface area contributed by atoms with Crippen LogP contribution in [0.1, 0.15) is 258 Å². The number of unbranched alkanes of at least 4 members (excludes halogenated alkanes) is 30. The molecule has 398 valence electrons. The standard InChI is InChI=1S/C58H108NO8P/c1-6-8-10-12-14-16-18-20-22-24-26-28-29-31-32-34-36-38-40-42-44-46-48-50-57(60)64-54-56(55-66-68(62,63)65-53-52-59(3,4)5)67-58(61)51-49-47-45-43-41-39-37-35-33-30-27-25-23-21-19-17-15-13-11-9-7-2/h19,21,24-27,33,35,56H,6-18,20,22-23,28-32,34,36-55H2,1-5H3/b21-19-,26-24-,27-25-,35-33-. The van der Waals surface area contributed by atoms with Crippen LogP contribution >= 0.6 is 7.82 Å². The number of carbonyl (C=O) groups is 2. The van der Waals surface area contributed by atoms with Gasteiger partial charge in [-0.3, -0.25) is 14.2 Å². The number of hydrogen-bond donors (Lipinski definition) is 0. The molecule has 0 aromatic heterocycles. The van der Waals surface area contributed by atoms with Gasteiger partial charge in [-0.2, -0.15) is 0 Å². The average Bonchev–Trinajstić information content (AvgIpc) is 3.30. The second-order valence-electron chi connectivity index (χ2n) is 20.3. The van der Waals surface area contributed by atoms with Crippen molar-refractivity contribution in [3.63, 3.8) is 0 Å². The predicted molar refractivity (Wildman–Crippen MR) is 287 cm³/mol. The second-order valence-corrected chi connectivity index (χ2v) is 21.7. The molecule has 0 aliphatic rings. The van der Waals surface area contributed by atoms with E-state index in [1.54, 1.807) is 0 Å². The summed E-state index contributed by atoms with van der Waals surface area (Å²) in [6.45, 7) is 4.23. The maximum absolute atomic E-state index is 12.8. The SMILES string of the molecule is CCCCCCC/C=C\C/C=C\C/C=C\CCCCCCCCC(=O)OC(COC(=O)CCCCCCCCCCCCC/C=C\CCCCCCCCCC)COP(=O)([O-])OCC[N+](C)(C)C. The van der Waals surface area contributed by atoms with Crippen LogP contribution in [0.3, 0.4) is 0 Å². The number of hydrogen-bond acceptors (Lipinski definition) is 8. The molecule has 10 heteroatoms. The lowest BCUT2D eigenvalue weighted by Gasteiger charge is -2.28. The summed E-state index contributed by atoms with van der Waals surface area (Å²) in [6, 6.07) is 0. The lowest BCUT2D eigenvalue weighted by molar-refractivity contribution is -0.870. The molecule has 2 unspecified atom stereocenters. The maximum atomic E-state index is 12.8. The Morgan fingerprint density at radius 3 is 1.19 bits per heavy atom. The fourth-order valence-corrected chi connectivity index (χ4v) is 8.62. The highest BCUT2D eigenvalue weighted by atomic mass is 31.2. The van der Waals surface area contributed by atoms with Gasteiger partial charge in [-0.25, -0.2) is 0 Å². The largest absolute Gasteiger partial charge is 0.756 e. The molecule has 2 atom stereocenters. The number of likely N-dealkylation sites (N-methyl/N-ethyl adjacent to an activating group) is 1. The third-order valence-corrected chi connectivity index (χ3v) is 13.3. The molecule has 0 aliphatic carbocycles. The van der Waals surface area contributed by atoms with Crippen molar-refractivity contribution in [3.8, 4) is 0 Å². The molecule has 0 N–H and O–H groups in total. The van der Waals surface area contributed by atoms with E-state index in [1.165, 1.54) is 154 Å². The normalized spacial score (nSPS) is 13.7. The Bertz CT molecular complexity index is 1290. The minimum Gasteiger partial charge on any atom is -0.756 e. The lowest BCUT2D eigenvalue weighted by Crippen LogP contribution is -2.37. The van der Waals surface area contributed by atoms with Crippen molar-refractivity contribution >= 4 is 19.8 Å². The Morgan fingerprint density at radius 1 is 0.456 bits per heavy atom. The van der Waals surface area contributed by atoms with Crippen molar-refractivity contribution in [2.75, 3.05) is 47.5 Å². The van der Waals surface area contributed by atoms with Crippen LogP contribution in [0.15, 0.2) is 48.6 Å². The van der Waals surface area contributed by atoms with Gasteiger partial charge in [0, 0.05) is 12.8 Å². The summed E-state index contributed by atoms with van der Waals surface area (Å²) in [7, 11) is 1.16. The number of esters is 2. The first kappa shape index (κ1) is 66.0. The Balaban J connectivity index is 4.21. The summed E-state index contributed by atoms with van der Waals surface area (Å²) in [6.07, 6.45) is 61.5. The van der Waals surface area contributed by atoms with Crippen LogP contribution in [0, 0.1) is 0 Å². The van der Waals surface area contributed by atoms with E-state index < -0.39 is 26.5 Å². The number of phosphoric ester groups is 1. The summed E-state index contributed by atoms with van der Waals surface area (Å²) < 4.78 is 34.1. The van der Waals surface area contributed by atoms with Crippen molar-refractivity contribution in [2.24, 2.45) is 0 Å². The van der Waals surface area contributed by atoms with Crippen molar-refractivity contribution in [3.05, 3.63) is 48.6 Å². The molecule has 68 heavy (non-hydrogen) atoms. The van der Waals surface area contributed by atoms with Gasteiger partial charge in [0.15, 0.2) is 6.10 Å². The number of allylic oxidation sites excluding steroid dienone is 8. The minimum absolute atomic E-state index is 0.0343. The van der Waals surface area contributed by atoms with Crippen LogP contribution in [0.2, 0.25) is 0 Å². The number of phosphoric acid groups is 1. The highest BCUT2D eigenvalue weighted by Gasteiger charge is 2.21. The summed E-state index contributed by atoms with van der Waals surface area (Å²) in [5.41, 5.74) is 0. The average molecular weight is 978 g/mol. The van der Waals surface area contributed by atoms with Crippen molar-refractivity contribution < 1.29 is 42.1 Å². The molecule has 0 saturated heterocycles. The summed E-state index contributed by atoms with van der Waals surface area (Å²) in [4.78, 5) is 37.8. The third kappa shape index (κ3) is 53.3. The summed E-state index contributed by atoms with van der Waals surface area (Å²) in [5.74, 6) is -0.842. The Labute approximate surface area is 420 Å². The van der Waals surface area contributed by atoms with Crippen molar-refractivity contribution in [1.82, 2.24) is 0 Å². The number of rotatable bonds is 52. The Morgan fingerprint density at radius 2 is 0.794 bits per heavy atom. The van der Waals surface area contributed by atoms with E-state index in [1.807, 2.05) is 21.1 Å². The second kappa shape index (κ2) is 49.9. The molecule has 9 nitrogen and oxygen atoms in total. The molecule has 0 bridgehead atoms. The van der Waals surface area contributed by atoms with Gasteiger partial charge in [0.25, 0.3) is 7.82 Å². The van der Waals surface area contributed by atoms with Crippen LogP contribution in [-0.4, -0.2) is 70.0 Å². The highest BCUT2D eigenvalue weighted by Crippen LogP contribution is 2.38. The quantitative estimate of drug-likeness (QED) is 0.0195. The topological polar surface area (TPSA) is 111 Å². The molecule has 0 saturated carbocycles. The minimum atomic E-state index is -4.64. The van der Waals surface area contributed by atoms with Crippen LogP contribution in [-0.2, 0) is 32.7 Å². The Hall–Kier alpha value is -2.03. The van der Waals surface area contributed by atoms with Gasteiger partial charge in [0.2, 0.25) is 0 Å². The van der Waals surface area contributed by atoms with E-state index in [2.05, 4.69) is 62.5 Å². The molecular formula is C58H108NO8P. The molecular weight excluding hydrogens is 870 g/mol. The first-order valence-corrected chi connectivity index (χ1v) is 29.8. The summed E-state index contributed by atoms with van der Waals surface area (Å²) >= 11 is 0. The van der Waals surface area contributed by atoms with Gasteiger partial charge >= 0.3 is 11.9 Å². The van der Waals surface area contributed by atoms with Crippen LogP contribution in [0.5, 0.6) is 0 Å². The van der Waals surface area contributed by atoms with Crippen LogP contribution in [0.25, 0.3) is 0 Å².